The fourth-order valence-corrected chi connectivity index (χ4v) is 2.58. The Morgan fingerprint density at radius 2 is 2.04 bits per heavy atom. The second-order valence-electron chi connectivity index (χ2n) is 5.92. The number of aliphatic hydroxyl groups excluding tert-OH is 1. The third kappa shape index (κ3) is 7.33. The maximum absolute atomic E-state index is 13.0. The van der Waals surface area contributed by atoms with Gasteiger partial charge < -0.3 is 15.7 Å². The number of nitrogens with one attached hydrogen (secondary N) is 2. The number of hydrogen-bond donors (Lipinski definition) is 3. The predicted octanol–water partition coefficient (Wildman–Crippen LogP) is 2.29. The molecule has 9 heteroatoms. The number of guanidine groups is 1. The molecule has 0 saturated carbocycles. The first kappa shape index (κ1) is 21.3. The second-order valence-corrected chi connectivity index (χ2v) is 5.92. The maximum Gasteiger partial charge on any atom is 0.435 e. The van der Waals surface area contributed by atoms with Crippen molar-refractivity contribution in [2.45, 2.75) is 45.8 Å². The average molecular weight is 363 g/mol. The van der Waals surface area contributed by atoms with Gasteiger partial charge in [0.1, 0.15) is 0 Å². The van der Waals surface area contributed by atoms with Crippen molar-refractivity contribution in [2.24, 2.45) is 18.0 Å². The Kier molecular flexibility index (Phi) is 8.74. The largest absolute Gasteiger partial charge is 0.435 e. The zero-order chi connectivity index (χ0) is 18.9. The highest BCUT2D eigenvalue weighted by Gasteiger charge is 2.36. The van der Waals surface area contributed by atoms with Gasteiger partial charge in [0.25, 0.3) is 0 Å². The summed E-state index contributed by atoms with van der Waals surface area (Å²) in [5, 5.41) is 18.8. The van der Waals surface area contributed by atoms with Crippen molar-refractivity contribution in [3.63, 3.8) is 0 Å². The van der Waals surface area contributed by atoms with Crippen LogP contribution >= 0.6 is 0 Å². The number of aryl methyl sites for hydroxylation is 1. The van der Waals surface area contributed by atoms with Gasteiger partial charge in [0.05, 0.1) is 6.54 Å². The van der Waals surface area contributed by atoms with Crippen LogP contribution in [-0.4, -0.2) is 40.5 Å². The molecule has 0 radical (unpaired) electrons. The van der Waals surface area contributed by atoms with Crippen LogP contribution in [0.4, 0.5) is 13.2 Å². The van der Waals surface area contributed by atoms with Crippen LogP contribution in [0.5, 0.6) is 0 Å². The fraction of sp³-hybridized carbons (Fsp3) is 0.750. The smallest absolute Gasteiger partial charge is 0.396 e. The topological polar surface area (TPSA) is 74.5 Å². The highest BCUT2D eigenvalue weighted by molar-refractivity contribution is 5.79. The number of alkyl halides is 3. The van der Waals surface area contributed by atoms with Crippen molar-refractivity contribution < 1.29 is 18.3 Å². The van der Waals surface area contributed by atoms with Crippen molar-refractivity contribution >= 4 is 5.96 Å². The molecule has 0 saturated heterocycles. The summed E-state index contributed by atoms with van der Waals surface area (Å²) in [6.45, 7) is 5.17. The summed E-state index contributed by atoms with van der Waals surface area (Å²) in [5.74, 6) is 0.751. The van der Waals surface area contributed by atoms with Crippen LogP contribution in [0.15, 0.2) is 11.2 Å². The van der Waals surface area contributed by atoms with E-state index in [2.05, 4.69) is 27.6 Å². The van der Waals surface area contributed by atoms with Gasteiger partial charge in [0, 0.05) is 38.5 Å². The molecule has 25 heavy (non-hydrogen) atoms. The van der Waals surface area contributed by atoms with Crippen molar-refractivity contribution in [3.8, 4) is 0 Å². The normalized spacial score (nSPS) is 13.8. The molecule has 1 heterocycles. The van der Waals surface area contributed by atoms with Gasteiger partial charge in [0.15, 0.2) is 11.7 Å². The van der Waals surface area contributed by atoms with E-state index in [9.17, 15) is 13.2 Å². The highest BCUT2D eigenvalue weighted by Crippen LogP contribution is 2.30. The number of aliphatic imine (C=N–C) groups is 1. The molecule has 0 bridgehead atoms. The van der Waals surface area contributed by atoms with Gasteiger partial charge in [-0.05, 0) is 25.7 Å². The van der Waals surface area contributed by atoms with E-state index in [1.54, 1.807) is 0 Å². The van der Waals surface area contributed by atoms with E-state index < -0.39 is 11.9 Å². The molecule has 0 aliphatic carbocycles. The fourth-order valence-electron chi connectivity index (χ4n) is 2.58. The lowest BCUT2D eigenvalue weighted by molar-refractivity contribution is -0.142. The van der Waals surface area contributed by atoms with Crippen molar-refractivity contribution in [1.82, 2.24) is 20.4 Å². The monoisotopic (exact) mass is 363 g/mol. The zero-order valence-corrected chi connectivity index (χ0v) is 15.0. The first-order valence-electron chi connectivity index (χ1n) is 8.54. The number of rotatable bonds is 9. The molecule has 1 unspecified atom stereocenters. The maximum atomic E-state index is 13.0. The molecular formula is C16H28F3N5O. The number of hydrogen-bond acceptors (Lipinski definition) is 3. The second kappa shape index (κ2) is 10.3. The Hall–Kier alpha value is -1.77. The standard InChI is InChI=1S/C16H28F3N5O/c1-4-6-12(7-8-25)9-21-15(20-5-2)22-10-13-11-24(3)23-14(13)16(17,18)19/h11-12,25H,4-10H2,1-3H3,(H2,20,21,22). The summed E-state index contributed by atoms with van der Waals surface area (Å²) >= 11 is 0. The summed E-state index contributed by atoms with van der Waals surface area (Å²) < 4.78 is 40.1. The van der Waals surface area contributed by atoms with Crippen LogP contribution in [0.25, 0.3) is 0 Å². The minimum Gasteiger partial charge on any atom is -0.396 e. The van der Waals surface area contributed by atoms with Crippen LogP contribution < -0.4 is 10.6 Å². The summed E-state index contributed by atoms with van der Waals surface area (Å²) in [6, 6.07) is 0. The number of nitrogens with zero attached hydrogens (tertiary/aromatic N) is 3. The lowest BCUT2D eigenvalue weighted by Crippen LogP contribution is -2.40. The average Bonchev–Trinajstić information content (AvgIpc) is 2.91. The van der Waals surface area contributed by atoms with E-state index in [-0.39, 0.29) is 18.7 Å². The molecule has 0 aliphatic heterocycles. The van der Waals surface area contributed by atoms with Crippen molar-refractivity contribution in [1.29, 1.82) is 0 Å². The minimum absolute atomic E-state index is 0.0349. The Bertz CT molecular complexity index is 536. The predicted molar refractivity (Wildman–Crippen MR) is 91.1 cm³/mol. The SMILES string of the molecule is CCCC(CCO)CNC(=NCc1cn(C)nc1C(F)(F)F)NCC. The quantitative estimate of drug-likeness (QED) is 0.465. The number of aliphatic hydroxyl groups is 1. The van der Waals surface area contributed by atoms with E-state index in [0.29, 0.717) is 31.4 Å². The first-order chi connectivity index (χ1) is 11.8. The lowest BCUT2D eigenvalue weighted by Gasteiger charge is -2.18. The Balaban J connectivity index is 2.79. The van der Waals surface area contributed by atoms with Gasteiger partial charge in [-0.1, -0.05) is 13.3 Å². The van der Waals surface area contributed by atoms with Crippen molar-refractivity contribution in [2.75, 3.05) is 19.7 Å². The van der Waals surface area contributed by atoms with Gasteiger partial charge in [0.2, 0.25) is 0 Å². The van der Waals surface area contributed by atoms with E-state index in [1.165, 1.54) is 13.2 Å². The van der Waals surface area contributed by atoms with Gasteiger partial charge in [-0.15, -0.1) is 0 Å². The Morgan fingerprint density at radius 3 is 2.60 bits per heavy atom. The van der Waals surface area contributed by atoms with Gasteiger partial charge >= 0.3 is 6.18 Å². The third-order valence-electron chi connectivity index (χ3n) is 3.72. The highest BCUT2D eigenvalue weighted by atomic mass is 19.4. The summed E-state index contributed by atoms with van der Waals surface area (Å²) in [5.41, 5.74) is -0.869. The molecule has 3 N–H and O–H groups in total. The van der Waals surface area contributed by atoms with Crippen LogP contribution in [0.2, 0.25) is 0 Å². The molecule has 1 rings (SSSR count). The molecule has 1 atom stereocenters. The third-order valence-corrected chi connectivity index (χ3v) is 3.72. The van der Waals surface area contributed by atoms with E-state index in [0.717, 1.165) is 17.5 Å². The van der Waals surface area contributed by atoms with Crippen LogP contribution in [0.3, 0.4) is 0 Å². The molecule has 0 amide bonds. The Labute approximate surface area is 146 Å². The molecule has 0 aliphatic rings. The number of aromatic nitrogens is 2. The summed E-state index contributed by atoms with van der Waals surface area (Å²) in [7, 11) is 1.45. The van der Waals surface area contributed by atoms with Crippen LogP contribution in [-0.2, 0) is 19.8 Å². The molecule has 1 aromatic heterocycles. The van der Waals surface area contributed by atoms with Gasteiger partial charge in [-0.2, -0.15) is 18.3 Å². The van der Waals surface area contributed by atoms with E-state index in [1.807, 2.05) is 6.92 Å². The molecule has 0 aromatic carbocycles. The van der Waals surface area contributed by atoms with Crippen molar-refractivity contribution in [3.05, 3.63) is 17.5 Å². The molecule has 0 spiro atoms. The lowest BCUT2D eigenvalue weighted by atomic mass is 10.0. The van der Waals surface area contributed by atoms with Crippen LogP contribution in [0.1, 0.15) is 44.4 Å². The van der Waals surface area contributed by atoms with Crippen LogP contribution in [0, 0.1) is 5.92 Å². The molecule has 144 valence electrons. The number of halogens is 3. The van der Waals surface area contributed by atoms with E-state index >= 15 is 0 Å². The van der Waals surface area contributed by atoms with Gasteiger partial charge in [-0.3, -0.25) is 4.68 Å². The summed E-state index contributed by atoms with van der Waals surface area (Å²) in [4.78, 5) is 4.24. The molecule has 1 aromatic rings. The van der Waals surface area contributed by atoms with Gasteiger partial charge in [-0.25, -0.2) is 4.99 Å². The minimum atomic E-state index is -4.49. The molecule has 0 fully saturated rings. The summed E-state index contributed by atoms with van der Waals surface area (Å²) in [6.07, 6.45) is -0.508. The molecule has 6 nitrogen and oxygen atoms in total. The zero-order valence-electron chi connectivity index (χ0n) is 15.0. The first-order valence-corrected chi connectivity index (χ1v) is 8.54. The Morgan fingerprint density at radius 1 is 1.32 bits per heavy atom. The molecular weight excluding hydrogens is 335 g/mol. The van der Waals surface area contributed by atoms with E-state index in [4.69, 9.17) is 5.11 Å².